The molecule has 1 fully saturated rings. The zero-order chi connectivity index (χ0) is 42.9. The minimum atomic E-state index is -5.12. The van der Waals surface area contributed by atoms with Crippen molar-refractivity contribution in [2.45, 2.75) is 217 Å². The number of unbranched alkanes of at least 4 members (excludes halogenated alkanes) is 20. The second-order valence-corrected chi connectivity index (χ2v) is 17.0. The molecule has 0 heterocycles. The van der Waals surface area contributed by atoms with E-state index in [4.69, 9.17) is 18.5 Å². The summed E-state index contributed by atoms with van der Waals surface area (Å²) >= 11 is 0. The molecule has 1 aliphatic carbocycles. The number of esters is 2. The van der Waals surface area contributed by atoms with Crippen molar-refractivity contribution in [1.82, 2.24) is 0 Å². The van der Waals surface area contributed by atoms with E-state index in [0.717, 1.165) is 70.6 Å². The Balaban J connectivity index is 2.47. The Morgan fingerprint density at radius 1 is 0.586 bits per heavy atom. The van der Waals surface area contributed by atoms with E-state index < -0.39 is 75.7 Å². The second kappa shape index (κ2) is 34.7. The summed E-state index contributed by atoms with van der Waals surface area (Å²) in [5, 5.41) is 50.1. The molecule has 0 bridgehead atoms. The molecule has 58 heavy (non-hydrogen) atoms. The van der Waals surface area contributed by atoms with Crippen LogP contribution in [0.15, 0.2) is 37.0 Å². The molecule has 0 saturated heterocycles. The van der Waals surface area contributed by atoms with E-state index in [0.29, 0.717) is 12.8 Å². The van der Waals surface area contributed by atoms with Gasteiger partial charge in [-0.15, -0.1) is 6.58 Å². The highest BCUT2D eigenvalue weighted by Crippen LogP contribution is 2.47. The summed E-state index contributed by atoms with van der Waals surface area (Å²) in [4.78, 5) is 35.6. The molecule has 8 atom stereocenters. The minimum Gasteiger partial charge on any atom is -0.462 e. The molecule has 1 aliphatic rings. The van der Waals surface area contributed by atoms with Gasteiger partial charge < -0.3 is 39.9 Å². The third kappa shape index (κ3) is 27.0. The normalized spacial score (nSPS) is 22.6. The van der Waals surface area contributed by atoms with Crippen LogP contribution in [0.1, 0.15) is 174 Å². The number of ether oxygens (including phenoxy) is 2. The first-order valence-electron chi connectivity index (χ1n) is 22.3. The SMILES string of the molecule is C=CCCCCCCCCCCCCCCCC(=O)OC[C@@H](COP(=O)(O)OC1C(O)C(O)C(O)[C@H](O)C1O)OC(=O)CCCCCCC/C=C/C/C=C/CCCC. The predicted octanol–water partition coefficient (Wildman–Crippen LogP) is 8.22. The Kier molecular flexibility index (Phi) is 32.4. The van der Waals surface area contributed by atoms with Crippen molar-refractivity contribution in [2.75, 3.05) is 13.2 Å². The third-order valence-electron chi connectivity index (χ3n) is 10.4. The van der Waals surface area contributed by atoms with E-state index in [-0.39, 0.29) is 12.8 Å². The molecule has 0 aromatic heterocycles. The van der Waals surface area contributed by atoms with Gasteiger partial charge in [0, 0.05) is 12.8 Å². The average molecular weight is 847 g/mol. The highest BCUT2D eigenvalue weighted by molar-refractivity contribution is 7.47. The predicted molar refractivity (Wildman–Crippen MR) is 226 cm³/mol. The van der Waals surface area contributed by atoms with E-state index in [2.05, 4.69) is 37.8 Å². The first-order chi connectivity index (χ1) is 27.9. The summed E-state index contributed by atoms with van der Waals surface area (Å²) in [6.45, 7) is 4.76. The van der Waals surface area contributed by atoms with E-state index in [1.54, 1.807) is 0 Å². The van der Waals surface area contributed by atoms with Crippen LogP contribution in [0.4, 0.5) is 0 Å². The summed E-state index contributed by atoms with van der Waals surface area (Å²) in [6.07, 6.45) is 23.8. The van der Waals surface area contributed by atoms with E-state index in [9.17, 15) is 44.6 Å². The maximum absolute atomic E-state index is 12.8. The largest absolute Gasteiger partial charge is 0.472 e. The summed E-state index contributed by atoms with van der Waals surface area (Å²) in [6, 6.07) is 0. The van der Waals surface area contributed by atoms with Crippen molar-refractivity contribution in [1.29, 1.82) is 0 Å². The van der Waals surface area contributed by atoms with Crippen molar-refractivity contribution in [2.24, 2.45) is 0 Å². The zero-order valence-electron chi connectivity index (χ0n) is 35.4. The molecule has 0 radical (unpaired) electrons. The Labute approximate surface area is 348 Å². The molecule has 0 aromatic carbocycles. The summed E-state index contributed by atoms with van der Waals surface area (Å²) < 4.78 is 33.5. The van der Waals surface area contributed by atoms with Gasteiger partial charge in [-0.05, 0) is 51.4 Å². The Morgan fingerprint density at radius 3 is 1.52 bits per heavy atom. The van der Waals surface area contributed by atoms with Gasteiger partial charge >= 0.3 is 19.8 Å². The third-order valence-corrected chi connectivity index (χ3v) is 11.3. The number of hydrogen-bond acceptors (Lipinski definition) is 12. The first kappa shape index (κ1) is 54.1. The summed E-state index contributed by atoms with van der Waals surface area (Å²) in [7, 11) is -5.12. The van der Waals surface area contributed by atoms with Crippen LogP contribution in [-0.2, 0) is 32.7 Å². The fraction of sp³-hybridized carbons (Fsp3) is 0.818. The molecule has 0 aromatic rings. The maximum atomic E-state index is 12.8. The summed E-state index contributed by atoms with van der Waals surface area (Å²) in [5.74, 6) is -1.12. The van der Waals surface area contributed by atoms with Gasteiger partial charge in [-0.3, -0.25) is 18.6 Å². The fourth-order valence-corrected chi connectivity index (χ4v) is 7.67. The van der Waals surface area contributed by atoms with Crippen LogP contribution in [0.5, 0.6) is 0 Å². The van der Waals surface area contributed by atoms with Gasteiger partial charge in [-0.25, -0.2) is 4.57 Å². The number of phosphoric acid groups is 1. The molecule has 13 nitrogen and oxygen atoms in total. The van der Waals surface area contributed by atoms with Crippen LogP contribution in [0.2, 0.25) is 0 Å². The number of rotatable bonds is 37. The van der Waals surface area contributed by atoms with Gasteiger partial charge in [0.1, 0.15) is 43.2 Å². The number of aliphatic hydroxyl groups is 5. The fourth-order valence-electron chi connectivity index (χ4n) is 6.70. The number of hydrogen-bond donors (Lipinski definition) is 6. The molecule has 6 N–H and O–H groups in total. The van der Waals surface area contributed by atoms with Crippen LogP contribution in [0, 0.1) is 0 Å². The standard InChI is InChI=1S/C44H79O13P/c1-3-5-7-9-11-13-15-17-19-21-22-24-26-28-30-32-37(45)54-34-36(35-55-58(52,53)57-44-42(50)40(48)39(47)41(49)43(44)51)56-38(46)33-31-29-27-25-23-20-18-16-14-12-10-8-6-4-2/h3,10,12,16,18,36,39-44,47-51H,1,4-9,11,13-15,17,19-35H2,2H3,(H,52,53)/b12-10+,18-16+/t36-,39?,40-,41?,42?,43?,44?/m0/s1. The van der Waals surface area contributed by atoms with Crippen LogP contribution < -0.4 is 0 Å². The molecule has 6 unspecified atom stereocenters. The van der Waals surface area contributed by atoms with Crippen LogP contribution >= 0.6 is 7.82 Å². The first-order valence-corrected chi connectivity index (χ1v) is 23.7. The minimum absolute atomic E-state index is 0.0803. The highest BCUT2D eigenvalue weighted by Gasteiger charge is 2.51. The van der Waals surface area contributed by atoms with Gasteiger partial charge in [0.05, 0.1) is 6.61 Å². The molecular formula is C44H79O13P. The zero-order valence-corrected chi connectivity index (χ0v) is 36.3. The maximum Gasteiger partial charge on any atom is 0.472 e. The van der Waals surface area contributed by atoms with Crippen molar-refractivity contribution < 1.29 is 63.1 Å². The lowest BCUT2D eigenvalue weighted by Crippen LogP contribution is -2.64. The van der Waals surface area contributed by atoms with Gasteiger partial charge in [-0.2, -0.15) is 0 Å². The van der Waals surface area contributed by atoms with E-state index in [1.807, 2.05) is 6.08 Å². The molecule has 0 aliphatic heterocycles. The smallest absolute Gasteiger partial charge is 0.462 e. The monoisotopic (exact) mass is 847 g/mol. The molecule has 1 saturated carbocycles. The van der Waals surface area contributed by atoms with Crippen LogP contribution in [0.3, 0.4) is 0 Å². The lowest BCUT2D eigenvalue weighted by atomic mass is 9.85. The van der Waals surface area contributed by atoms with E-state index in [1.165, 1.54) is 70.6 Å². The quantitative estimate of drug-likeness (QED) is 0.0151. The summed E-state index contributed by atoms with van der Waals surface area (Å²) in [5.41, 5.74) is 0. The molecular weight excluding hydrogens is 767 g/mol. The molecule has 338 valence electrons. The topological polar surface area (TPSA) is 210 Å². The molecule has 0 amide bonds. The number of carbonyl (C=O) groups is 2. The van der Waals surface area contributed by atoms with Crippen molar-refractivity contribution >= 4 is 19.8 Å². The van der Waals surface area contributed by atoms with Crippen molar-refractivity contribution in [3.8, 4) is 0 Å². The molecule has 1 rings (SSSR count). The van der Waals surface area contributed by atoms with Gasteiger partial charge in [0.25, 0.3) is 0 Å². The number of aliphatic hydroxyl groups excluding tert-OH is 5. The molecule has 0 spiro atoms. The van der Waals surface area contributed by atoms with E-state index >= 15 is 0 Å². The van der Waals surface area contributed by atoms with Crippen molar-refractivity contribution in [3.05, 3.63) is 37.0 Å². The Morgan fingerprint density at radius 2 is 1.02 bits per heavy atom. The van der Waals surface area contributed by atoms with Gasteiger partial charge in [0.15, 0.2) is 6.10 Å². The van der Waals surface area contributed by atoms with Crippen LogP contribution in [0.25, 0.3) is 0 Å². The number of phosphoric ester groups is 1. The number of allylic oxidation sites excluding steroid dienone is 5. The average Bonchev–Trinajstić information content (AvgIpc) is 3.20. The van der Waals surface area contributed by atoms with Crippen molar-refractivity contribution in [3.63, 3.8) is 0 Å². The Hall–Kier alpha value is -1.93. The highest BCUT2D eigenvalue weighted by atomic mass is 31.2. The molecule has 14 heteroatoms. The Bertz CT molecular complexity index is 1150. The lowest BCUT2D eigenvalue weighted by Gasteiger charge is -2.41. The van der Waals surface area contributed by atoms with Gasteiger partial charge in [0.2, 0.25) is 0 Å². The second-order valence-electron chi connectivity index (χ2n) is 15.6. The number of carbonyl (C=O) groups excluding carboxylic acids is 2. The van der Waals surface area contributed by atoms with Crippen LogP contribution in [-0.4, -0.2) is 98.3 Å². The lowest BCUT2D eigenvalue weighted by molar-refractivity contribution is -0.220. The van der Waals surface area contributed by atoms with Gasteiger partial charge in [-0.1, -0.05) is 140 Å².